The lowest BCUT2D eigenvalue weighted by Gasteiger charge is -2.30. The Bertz CT molecular complexity index is 956. The fourth-order valence-electron chi connectivity index (χ4n) is 3.32. The molecule has 1 fully saturated rings. The van der Waals surface area contributed by atoms with E-state index in [0.717, 1.165) is 60.8 Å². The molecule has 0 radical (unpaired) electrons. The van der Waals surface area contributed by atoms with E-state index in [4.69, 9.17) is 9.47 Å². The number of ether oxygens (including phenoxy) is 2. The van der Waals surface area contributed by atoms with Crippen LogP contribution in [0, 0.1) is 6.92 Å². The summed E-state index contributed by atoms with van der Waals surface area (Å²) in [5.74, 6) is 2.98. The van der Waals surface area contributed by atoms with Crippen molar-refractivity contribution in [3.63, 3.8) is 0 Å². The standard InChI is InChI=1S/C22H25N5O2/c1-16-23-21(25-17-7-9-18(28-2)10-8-17)15-22(24-16)26-19-5-3-4-6-20(19)27-11-13-29-14-12-27/h3-10,15H,11-14H2,1-2H3,(H2,23,24,25,26). The summed E-state index contributed by atoms with van der Waals surface area (Å²) in [5.41, 5.74) is 3.10. The van der Waals surface area contributed by atoms with Crippen molar-refractivity contribution in [1.29, 1.82) is 0 Å². The van der Waals surface area contributed by atoms with E-state index in [1.165, 1.54) is 0 Å². The predicted molar refractivity (Wildman–Crippen MR) is 116 cm³/mol. The second kappa shape index (κ2) is 8.79. The van der Waals surface area contributed by atoms with Crippen molar-refractivity contribution in [1.82, 2.24) is 9.97 Å². The first-order valence-electron chi connectivity index (χ1n) is 9.67. The van der Waals surface area contributed by atoms with Crippen molar-refractivity contribution < 1.29 is 9.47 Å². The van der Waals surface area contributed by atoms with Crippen LogP contribution in [0.4, 0.5) is 28.7 Å². The molecule has 0 saturated carbocycles. The minimum atomic E-state index is 0.690. The minimum Gasteiger partial charge on any atom is -0.497 e. The Morgan fingerprint density at radius 3 is 2.34 bits per heavy atom. The molecule has 0 spiro atoms. The van der Waals surface area contributed by atoms with Gasteiger partial charge in [-0.25, -0.2) is 9.97 Å². The average molecular weight is 391 g/mol. The van der Waals surface area contributed by atoms with Crippen LogP contribution in [0.3, 0.4) is 0 Å². The number of rotatable bonds is 6. The number of hydrogen-bond donors (Lipinski definition) is 2. The van der Waals surface area contributed by atoms with Crippen LogP contribution in [0.2, 0.25) is 0 Å². The molecule has 0 aliphatic carbocycles. The molecule has 0 unspecified atom stereocenters. The summed E-state index contributed by atoms with van der Waals surface area (Å²) < 4.78 is 10.7. The van der Waals surface area contributed by atoms with Gasteiger partial charge in [-0.1, -0.05) is 12.1 Å². The van der Waals surface area contributed by atoms with Gasteiger partial charge < -0.3 is 25.0 Å². The average Bonchev–Trinajstić information content (AvgIpc) is 2.75. The molecule has 2 heterocycles. The summed E-state index contributed by atoms with van der Waals surface area (Å²) in [4.78, 5) is 11.4. The maximum absolute atomic E-state index is 5.48. The Morgan fingerprint density at radius 2 is 1.62 bits per heavy atom. The molecule has 150 valence electrons. The summed E-state index contributed by atoms with van der Waals surface area (Å²) in [5, 5.41) is 6.79. The first kappa shape index (κ1) is 19.0. The van der Waals surface area contributed by atoms with Gasteiger partial charge in [0, 0.05) is 24.8 Å². The van der Waals surface area contributed by atoms with Gasteiger partial charge in [-0.05, 0) is 43.3 Å². The number of anilines is 5. The summed E-state index contributed by atoms with van der Waals surface area (Å²) >= 11 is 0. The Hall–Kier alpha value is -3.32. The van der Waals surface area contributed by atoms with Crippen LogP contribution in [-0.2, 0) is 4.74 Å². The molecule has 0 atom stereocenters. The number of morpholine rings is 1. The highest BCUT2D eigenvalue weighted by molar-refractivity contribution is 5.75. The van der Waals surface area contributed by atoms with Crippen molar-refractivity contribution in [2.75, 3.05) is 48.9 Å². The molecule has 3 aromatic rings. The number of nitrogens with zero attached hydrogens (tertiary/aromatic N) is 3. The van der Waals surface area contributed by atoms with Crippen LogP contribution < -0.4 is 20.3 Å². The van der Waals surface area contributed by atoms with Crippen molar-refractivity contribution in [3.05, 3.63) is 60.4 Å². The van der Waals surface area contributed by atoms with E-state index < -0.39 is 0 Å². The molecular weight excluding hydrogens is 366 g/mol. The number of nitrogens with one attached hydrogen (secondary N) is 2. The fraction of sp³-hybridized carbons (Fsp3) is 0.273. The predicted octanol–water partition coefficient (Wildman–Crippen LogP) is 4.12. The topological polar surface area (TPSA) is 71.5 Å². The number of aromatic nitrogens is 2. The van der Waals surface area contributed by atoms with E-state index in [9.17, 15) is 0 Å². The zero-order chi connectivity index (χ0) is 20.1. The van der Waals surface area contributed by atoms with Gasteiger partial charge in [0.05, 0.1) is 31.7 Å². The number of methoxy groups -OCH3 is 1. The largest absolute Gasteiger partial charge is 0.497 e. The lowest BCUT2D eigenvalue weighted by molar-refractivity contribution is 0.123. The van der Waals surface area contributed by atoms with Crippen LogP contribution in [0.1, 0.15) is 5.82 Å². The van der Waals surface area contributed by atoms with Crippen molar-refractivity contribution in [3.8, 4) is 5.75 Å². The van der Waals surface area contributed by atoms with Gasteiger partial charge in [0.15, 0.2) is 0 Å². The quantitative estimate of drug-likeness (QED) is 0.655. The van der Waals surface area contributed by atoms with Crippen LogP contribution >= 0.6 is 0 Å². The Balaban J connectivity index is 1.55. The molecule has 1 aliphatic heterocycles. The minimum absolute atomic E-state index is 0.690. The zero-order valence-corrected chi connectivity index (χ0v) is 16.7. The zero-order valence-electron chi connectivity index (χ0n) is 16.7. The van der Waals surface area contributed by atoms with Gasteiger partial charge in [0.2, 0.25) is 0 Å². The molecule has 1 aliphatic rings. The lowest BCUT2D eigenvalue weighted by atomic mass is 10.2. The van der Waals surface area contributed by atoms with E-state index in [1.807, 2.05) is 43.3 Å². The highest BCUT2D eigenvalue weighted by atomic mass is 16.5. The molecular formula is C22H25N5O2. The van der Waals surface area contributed by atoms with Crippen molar-refractivity contribution in [2.45, 2.75) is 6.92 Å². The summed E-state index contributed by atoms with van der Waals surface area (Å²) in [6, 6.07) is 17.9. The third-order valence-corrected chi connectivity index (χ3v) is 4.72. The summed E-state index contributed by atoms with van der Waals surface area (Å²) in [6.07, 6.45) is 0. The molecule has 4 rings (SSSR count). The fourth-order valence-corrected chi connectivity index (χ4v) is 3.32. The molecule has 2 N–H and O–H groups in total. The molecule has 7 nitrogen and oxygen atoms in total. The number of aryl methyl sites for hydroxylation is 1. The Labute approximate surface area is 170 Å². The van der Waals surface area contributed by atoms with Gasteiger partial charge in [0.1, 0.15) is 23.2 Å². The Morgan fingerprint density at radius 1 is 0.931 bits per heavy atom. The van der Waals surface area contributed by atoms with Crippen molar-refractivity contribution in [2.24, 2.45) is 0 Å². The third kappa shape index (κ3) is 4.75. The highest BCUT2D eigenvalue weighted by Gasteiger charge is 2.15. The van der Waals surface area contributed by atoms with Gasteiger partial charge in [-0.2, -0.15) is 0 Å². The molecule has 1 saturated heterocycles. The van der Waals surface area contributed by atoms with E-state index in [-0.39, 0.29) is 0 Å². The van der Waals surface area contributed by atoms with E-state index in [2.05, 4.69) is 43.7 Å². The van der Waals surface area contributed by atoms with Gasteiger partial charge >= 0.3 is 0 Å². The molecule has 2 aromatic carbocycles. The second-order valence-corrected chi connectivity index (χ2v) is 6.78. The summed E-state index contributed by atoms with van der Waals surface area (Å²) in [6.45, 7) is 5.14. The smallest absolute Gasteiger partial charge is 0.136 e. The van der Waals surface area contributed by atoms with Crippen LogP contribution in [0.15, 0.2) is 54.6 Å². The van der Waals surface area contributed by atoms with Gasteiger partial charge in [-0.15, -0.1) is 0 Å². The summed E-state index contributed by atoms with van der Waals surface area (Å²) in [7, 11) is 1.66. The molecule has 7 heteroatoms. The molecule has 1 aromatic heterocycles. The van der Waals surface area contributed by atoms with Gasteiger partial charge in [0.25, 0.3) is 0 Å². The van der Waals surface area contributed by atoms with Crippen LogP contribution in [0.5, 0.6) is 5.75 Å². The first-order chi connectivity index (χ1) is 14.2. The van der Waals surface area contributed by atoms with Gasteiger partial charge in [-0.3, -0.25) is 0 Å². The Kier molecular flexibility index (Phi) is 5.76. The number of para-hydroxylation sites is 2. The van der Waals surface area contributed by atoms with E-state index >= 15 is 0 Å². The first-order valence-corrected chi connectivity index (χ1v) is 9.67. The monoisotopic (exact) mass is 391 g/mol. The molecule has 0 bridgehead atoms. The second-order valence-electron chi connectivity index (χ2n) is 6.78. The normalized spacial score (nSPS) is 13.8. The van der Waals surface area contributed by atoms with Crippen LogP contribution in [0.25, 0.3) is 0 Å². The molecule has 29 heavy (non-hydrogen) atoms. The number of benzene rings is 2. The third-order valence-electron chi connectivity index (χ3n) is 4.72. The van der Waals surface area contributed by atoms with E-state index in [1.54, 1.807) is 7.11 Å². The maximum atomic E-state index is 5.48. The molecule has 0 amide bonds. The van der Waals surface area contributed by atoms with E-state index in [0.29, 0.717) is 5.82 Å². The SMILES string of the molecule is COc1ccc(Nc2cc(Nc3ccccc3N3CCOCC3)nc(C)n2)cc1. The number of hydrogen-bond acceptors (Lipinski definition) is 7. The van der Waals surface area contributed by atoms with Crippen LogP contribution in [-0.4, -0.2) is 43.4 Å². The maximum Gasteiger partial charge on any atom is 0.136 e. The highest BCUT2D eigenvalue weighted by Crippen LogP contribution is 2.29. The lowest BCUT2D eigenvalue weighted by Crippen LogP contribution is -2.36. The van der Waals surface area contributed by atoms with Crippen molar-refractivity contribution >= 4 is 28.7 Å².